The summed E-state index contributed by atoms with van der Waals surface area (Å²) in [6.45, 7) is 0.273. The highest BCUT2D eigenvalue weighted by Gasteiger charge is 2.03. The molecule has 0 amide bonds. The Hall–Kier alpha value is -1.33. The lowest BCUT2D eigenvalue weighted by Crippen LogP contribution is -2.34. The fourth-order valence-corrected chi connectivity index (χ4v) is 2.04. The summed E-state index contributed by atoms with van der Waals surface area (Å²) in [7, 11) is 0. The van der Waals surface area contributed by atoms with Gasteiger partial charge >= 0.3 is 5.69 Å². The lowest BCUT2D eigenvalue weighted by Gasteiger charge is -2.01. The van der Waals surface area contributed by atoms with Crippen molar-refractivity contribution in [3.8, 4) is 0 Å². The third-order valence-electron chi connectivity index (χ3n) is 1.91. The minimum Gasteiger partial charge on any atom is -0.298 e. The second-order valence-corrected chi connectivity index (χ2v) is 4.17. The predicted molar refractivity (Wildman–Crippen MR) is 59.8 cm³/mol. The summed E-state index contributed by atoms with van der Waals surface area (Å²) in [5, 5.41) is 3.84. The molecular weight excluding hydrogens is 236 g/mol. The Balaban J connectivity index is 2.46. The smallest absolute Gasteiger partial charge is 0.298 e. The Kier molecular flexibility index (Phi) is 2.75. The third kappa shape index (κ3) is 2.19. The Morgan fingerprint density at radius 2 is 2.27 bits per heavy atom. The van der Waals surface area contributed by atoms with Crippen molar-refractivity contribution in [3.63, 3.8) is 0 Å². The fourth-order valence-electron chi connectivity index (χ4n) is 1.21. The van der Waals surface area contributed by atoms with Crippen LogP contribution in [-0.4, -0.2) is 9.55 Å². The van der Waals surface area contributed by atoms with Crippen LogP contribution in [0.4, 0.5) is 0 Å². The second-order valence-electron chi connectivity index (χ2n) is 2.98. The molecule has 2 aromatic rings. The van der Waals surface area contributed by atoms with Gasteiger partial charge in [0, 0.05) is 6.07 Å². The van der Waals surface area contributed by atoms with Crippen LogP contribution in [-0.2, 0) is 6.54 Å². The third-order valence-corrected chi connectivity index (χ3v) is 2.84. The van der Waals surface area contributed by atoms with E-state index in [4.69, 9.17) is 11.6 Å². The van der Waals surface area contributed by atoms with Gasteiger partial charge in [-0.3, -0.25) is 14.3 Å². The fraction of sp³-hybridized carbons (Fsp3) is 0.111. The van der Waals surface area contributed by atoms with Crippen molar-refractivity contribution < 1.29 is 0 Å². The zero-order valence-corrected chi connectivity index (χ0v) is 9.14. The molecule has 0 spiro atoms. The molecule has 78 valence electrons. The molecule has 0 aromatic carbocycles. The van der Waals surface area contributed by atoms with E-state index in [2.05, 4.69) is 4.98 Å². The molecule has 0 aliphatic heterocycles. The van der Waals surface area contributed by atoms with Crippen molar-refractivity contribution in [1.82, 2.24) is 9.55 Å². The van der Waals surface area contributed by atoms with Crippen LogP contribution < -0.4 is 11.2 Å². The topological polar surface area (TPSA) is 54.9 Å². The minimum atomic E-state index is -0.487. The molecule has 2 rings (SSSR count). The van der Waals surface area contributed by atoms with Gasteiger partial charge in [0.15, 0.2) is 0 Å². The number of thiophene rings is 1. The van der Waals surface area contributed by atoms with E-state index in [1.54, 1.807) is 0 Å². The Morgan fingerprint density at radius 3 is 2.87 bits per heavy atom. The van der Waals surface area contributed by atoms with Gasteiger partial charge < -0.3 is 0 Å². The van der Waals surface area contributed by atoms with Gasteiger partial charge in [-0.15, -0.1) is 0 Å². The zero-order valence-electron chi connectivity index (χ0n) is 7.57. The van der Waals surface area contributed by atoms with Crippen LogP contribution in [0.15, 0.2) is 32.5 Å². The number of halogens is 1. The molecule has 0 saturated heterocycles. The standard InChI is InChI=1S/C9H7ClN2O2S/c10-7-3-8(13)12(9(14)11-7)4-6-1-2-15-5-6/h1-3,5H,4H2,(H,11,14). The highest BCUT2D eigenvalue weighted by atomic mass is 35.5. The average Bonchev–Trinajstić information content (AvgIpc) is 2.63. The summed E-state index contributed by atoms with van der Waals surface area (Å²) in [5.74, 6) is 0. The highest BCUT2D eigenvalue weighted by Crippen LogP contribution is 2.06. The molecule has 1 N–H and O–H groups in total. The van der Waals surface area contributed by atoms with Crippen molar-refractivity contribution in [1.29, 1.82) is 0 Å². The van der Waals surface area contributed by atoms with Crippen molar-refractivity contribution in [2.75, 3.05) is 0 Å². The molecule has 0 bridgehead atoms. The maximum Gasteiger partial charge on any atom is 0.329 e. The Morgan fingerprint density at radius 1 is 1.47 bits per heavy atom. The minimum absolute atomic E-state index is 0.0616. The van der Waals surface area contributed by atoms with Gasteiger partial charge in [0.2, 0.25) is 0 Å². The van der Waals surface area contributed by atoms with Crippen LogP contribution >= 0.6 is 22.9 Å². The van der Waals surface area contributed by atoms with Gasteiger partial charge in [0.05, 0.1) is 6.54 Å². The molecule has 0 aliphatic carbocycles. The average molecular weight is 243 g/mol. The Bertz CT molecular complexity index is 539. The van der Waals surface area contributed by atoms with E-state index < -0.39 is 11.2 Å². The van der Waals surface area contributed by atoms with E-state index in [0.29, 0.717) is 0 Å². The second kappa shape index (κ2) is 4.04. The molecule has 0 atom stereocenters. The molecule has 0 saturated carbocycles. The maximum atomic E-state index is 11.4. The van der Waals surface area contributed by atoms with E-state index in [-0.39, 0.29) is 11.7 Å². The molecule has 6 heteroatoms. The van der Waals surface area contributed by atoms with Gasteiger partial charge in [-0.05, 0) is 22.4 Å². The largest absolute Gasteiger partial charge is 0.329 e. The first-order chi connectivity index (χ1) is 7.16. The van der Waals surface area contributed by atoms with Gasteiger partial charge in [-0.2, -0.15) is 11.3 Å². The molecular formula is C9H7ClN2O2S. The zero-order chi connectivity index (χ0) is 10.8. The number of nitrogens with one attached hydrogen (secondary N) is 1. The lowest BCUT2D eigenvalue weighted by atomic mass is 10.3. The van der Waals surface area contributed by atoms with E-state index >= 15 is 0 Å². The number of rotatable bonds is 2. The number of aromatic amines is 1. The van der Waals surface area contributed by atoms with Gasteiger partial charge in [-0.25, -0.2) is 4.79 Å². The van der Waals surface area contributed by atoms with E-state index in [1.807, 2.05) is 16.8 Å². The van der Waals surface area contributed by atoms with Crippen molar-refractivity contribution in [2.45, 2.75) is 6.54 Å². The quantitative estimate of drug-likeness (QED) is 0.807. The summed E-state index contributed by atoms with van der Waals surface area (Å²) < 4.78 is 1.11. The monoisotopic (exact) mass is 242 g/mol. The molecule has 0 radical (unpaired) electrons. The number of nitrogens with zero attached hydrogens (tertiary/aromatic N) is 1. The van der Waals surface area contributed by atoms with Crippen LogP contribution in [0.25, 0.3) is 0 Å². The lowest BCUT2D eigenvalue weighted by molar-refractivity contribution is 0.701. The molecule has 4 nitrogen and oxygen atoms in total. The van der Waals surface area contributed by atoms with E-state index in [0.717, 1.165) is 10.1 Å². The van der Waals surface area contributed by atoms with Gasteiger partial charge in [0.1, 0.15) is 5.15 Å². The van der Waals surface area contributed by atoms with E-state index in [1.165, 1.54) is 17.4 Å². The molecule has 0 fully saturated rings. The van der Waals surface area contributed by atoms with Gasteiger partial charge in [0.25, 0.3) is 5.56 Å². The molecule has 15 heavy (non-hydrogen) atoms. The summed E-state index contributed by atoms with van der Waals surface area (Å²) in [5.41, 5.74) is 0.0450. The van der Waals surface area contributed by atoms with Crippen LogP contribution in [0.2, 0.25) is 5.15 Å². The predicted octanol–water partition coefficient (Wildman–Crippen LogP) is 1.30. The first kappa shape index (κ1) is 10.2. The summed E-state index contributed by atoms with van der Waals surface area (Å²) in [6, 6.07) is 3.06. The number of H-pyrrole nitrogens is 1. The summed E-state index contributed by atoms with van der Waals surface area (Å²) >= 11 is 7.06. The van der Waals surface area contributed by atoms with Crippen LogP contribution in [0.5, 0.6) is 0 Å². The summed E-state index contributed by atoms with van der Waals surface area (Å²) in [4.78, 5) is 25.2. The number of hydrogen-bond donors (Lipinski definition) is 1. The van der Waals surface area contributed by atoms with Gasteiger partial charge in [-0.1, -0.05) is 11.6 Å². The summed E-state index contributed by atoms with van der Waals surface area (Å²) in [6.07, 6.45) is 0. The maximum absolute atomic E-state index is 11.4. The number of aromatic nitrogens is 2. The molecule has 2 heterocycles. The van der Waals surface area contributed by atoms with E-state index in [9.17, 15) is 9.59 Å². The molecule has 0 aliphatic rings. The number of hydrogen-bond acceptors (Lipinski definition) is 3. The van der Waals surface area contributed by atoms with Crippen molar-refractivity contribution in [2.24, 2.45) is 0 Å². The highest BCUT2D eigenvalue weighted by molar-refractivity contribution is 7.07. The van der Waals surface area contributed by atoms with Crippen LogP contribution in [0.1, 0.15) is 5.56 Å². The Labute approximate surface area is 93.8 Å². The van der Waals surface area contributed by atoms with Crippen molar-refractivity contribution >= 4 is 22.9 Å². The SMILES string of the molecule is O=c1cc(Cl)[nH]c(=O)n1Cc1ccsc1. The first-order valence-electron chi connectivity index (χ1n) is 4.17. The van der Waals surface area contributed by atoms with Crippen LogP contribution in [0, 0.1) is 0 Å². The molecule has 0 unspecified atom stereocenters. The molecule has 2 aromatic heterocycles. The normalized spacial score (nSPS) is 10.5. The first-order valence-corrected chi connectivity index (χ1v) is 5.49. The van der Waals surface area contributed by atoms with Crippen LogP contribution in [0.3, 0.4) is 0 Å². The van der Waals surface area contributed by atoms with Crippen molar-refractivity contribution in [3.05, 3.63) is 54.4 Å².